The van der Waals surface area contributed by atoms with Gasteiger partial charge in [-0.3, -0.25) is 9.78 Å². The SMILES string of the molecule is CCCCC(=O)C(C)(C)COc1cccc2ncc(C(=O)O)c(N)c12. The number of anilines is 1. The molecule has 0 bridgehead atoms. The maximum Gasteiger partial charge on any atom is 0.339 e. The summed E-state index contributed by atoms with van der Waals surface area (Å²) < 4.78 is 5.87. The first-order valence-corrected chi connectivity index (χ1v) is 8.34. The Morgan fingerprint density at radius 2 is 2.04 bits per heavy atom. The van der Waals surface area contributed by atoms with Crippen LogP contribution in [-0.4, -0.2) is 28.4 Å². The summed E-state index contributed by atoms with van der Waals surface area (Å²) >= 11 is 0. The number of nitrogens with two attached hydrogens (primary N) is 1. The molecule has 0 unspecified atom stereocenters. The van der Waals surface area contributed by atoms with Crippen LogP contribution in [0.2, 0.25) is 0 Å². The fraction of sp³-hybridized carbons (Fsp3) is 0.421. The summed E-state index contributed by atoms with van der Waals surface area (Å²) in [6.07, 6.45) is 3.58. The number of pyridine rings is 1. The van der Waals surface area contributed by atoms with E-state index < -0.39 is 11.4 Å². The van der Waals surface area contributed by atoms with Gasteiger partial charge in [-0.2, -0.15) is 0 Å². The van der Waals surface area contributed by atoms with Gasteiger partial charge in [-0.25, -0.2) is 4.79 Å². The smallest absolute Gasteiger partial charge is 0.339 e. The first kappa shape index (κ1) is 18.7. The van der Waals surface area contributed by atoms with E-state index in [1.165, 1.54) is 6.20 Å². The van der Waals surface area contributed by atoms with E-state index in [-0.39, 0.29) is 23.6 Å². The summed E-state index contributed by atoms with van der Waals surface area (Å²) in [6.45, 7) is 5.93. The van der Waals surface area contributed by atoms with Gasteiger partial charge in [-0.15, -0.1) is 0 Å². The van der Waals surface area contributed by atoms with Crippen LogP contribution < -0.4 is 10.5 Å². The van der Waals surface area contributed by atoms with E-state index in [9.17, 15) is 14.7 Å². The third-order valence-electron chi connectivity index (χ3n) is 4.23. The van der Waals surface area contributed by atoms with Crippen molar-refractivity contribution in [3.05, 3.63) is 30.0 Å². The molecule has 6 heteroatoms. The second-order valence-electron chi connectivity index (χ2n) is 6.74. The largest absolute Gasteiger partial charge is 0.492 e. The molecule has 0 aliphatic heterocycles. The highest BCUT2D eigenvalue weighted by molar-refractivity contribution is 6.05. The van der Waals surface area contributed by atoms with E-state index in [1.54, 1.807) is 18.2 Å². The number of ether oxygens (including phenoxy) is 1. The molecule has 1 heterocycles. The van der Waals surface area contributed by atoms with Crippen LogP contribution in [0, 0.1) is 5.41 Å². The molecule has 0 saturated carbocycles. The number of carbonyl (C=O) groups is 2. The average Bonchev–Trinajstić information content (AvgIpc) is 2.57. The number of Topliss-reactive ketones (excluding diaryl/α,β-unsaturated/α-hetero) is 1. The number of carbonyl (C=O) groups excluding carboxylic acids is 1. The molecule has 0 saturated heterocycles. The molecule has 2 aromatic rings. The molecular weight excluding hydrogens is 320 g/mol. The maximum absolute atomic E-state index is 12.3. The van der Waals surface area contributed by atoms with E-state index in [1.807, 2.05) is 20.8 Å². The number of benzene rings is 1. The summed E-state index contributed by atoms with van der Waals surface area (Å²) in [7, 11) is 0. The number of nitrogens with zero attached hydrogens (tertiary/aromatic N) is 1. The number of carboxylic acids is 1. The topological polar surface area (TPSA) is 103 Å². The van der Waals surface area contributed by atoms with E-state index in [2.05, 4.69) is 4.98 Å². The van der Waals surface area contributed by atoms with E-state index in [0.717, 1.165) is 12.8 Å². The van der Waals surface area contributed by atoms with Crippen LogP contribution in [0.25, 0.3) is 10.9 Å². The Morgan fingerprint density at radius 3 is 2.68 bits per heavy atom. The van der Waals surface area contributed by atoms with Crippen LogP contribution in [0.4, 0.5) is 5.69 Å². The lowest BCUT2D eigenvalue weighted by atomic mass is 9.86. The van der Waals surface area contributed by atoms with Crippen molar-refractivity contribution < 1.29 is 19.4 Å². The van der Waals surface area contributed by atoms with Gasteiger partial charge in [0.05, 0.1) is 22.0 Å². The lowest BCUT2D eigenvalue weighted by molar-refractivity contribution is -0.128. The molecule has 25 heavy (non-hydrogen) atoms. The van der Waals surface area contributed by atoms with E-state index in [4.69, 9.17) is 10.5 Å². The lowest BCUT2D eigenvalue weighted by Crippen LogP contribution is -2.31. The third-order valence-corrected chi connectivity index (χ3v) is 4.23. The van der Waals surface area contributed by atoms with Gasteiger partial charge in [-0.1, -0.05) is 19.4 Å². The minimum absolute atomic E-state index is 0.0677. The van der Waals surface area contributed by atoms with Crippen LogP contribution in [0.1, 0.15) is 50.4 Å². The molecule has 0 spiro atoms. The Morgan fingerprint density at radius 1 is 1.32 bits per heavy atom. The molecule has 0 atom stereocenters. The average molecular weight is 344 g/mol. The lowest BCUT2D eigenvalue weighted by Gasteiger charge is -2.24. The zero-order valence-corrected chi connectivity index (χ0v) is 14.8. The van der Waals surface area contributed by atoms with Gasteiger partial charge in [0.25, 0.3) is 0 Å². The highest BCUT2D eigenvalue weighted by Gasteiger charge is 2.28. The molecular formula is C19H24N2O4. The van der Waals surface area contributed by atoms with Crippen LogP contribution in [0.5, 0.6) is 5.75 Å². The normalized spacial score (nSPS) is 11.5. The van der Waals surface area contributed by atoms with Crippen LogP contribution in [-0.2, 0) is 4.79 Å². The molecule has 0 amide bonds. The van der Waals surface area contributed by atoms with Crippen molar-refractivity contribution in [2.24, 2.45) is 5.41 Å². The van der Waals surface area contributed by atoms with Crippen molar-refractivity contribution in [2.75, 3.05) is 12.3 Å². The van der Waals surface area contributed by atoms with Crippen molar-refractivity contribution in [2.45, 2.75) is 40.0 Å². The molecule has 0 radical (unpaired) electrons. The minimum atomic E-state index is -1.14. The zero-order valence-electron chi connectivity index (χ0n) is 14.8. The quantitative estimate of drug-likeness (QED) is 0.757. The highest BCUT2D eigenvalue weighted by Crippen LogP contribution is 2.33. The molecule has 0 aliphatic carbocycles. The first-order valence-electron chi connectivity index (χ1n) is 8.34. The van der Waals surface area contributed by atoms with Gasteiger partial charge in [0.2, 0.25) is 0 Å². The number of rotatable bonds is 8. The number of unbranched alkanes of at least 4 members (excludes halogenated alkanes) is 1. The van der Waals surface area contributed by atoms with Gasteiger partial charge in [0, 0.05) is 12.6 Å². The number of aromatic nitrogens is 1. The molecule has 134 valence electrons. The molecule has 6 nitrogen and oxygen atoms in total. The maximum atomic E-state index is 12.3. The van der Waals surface area contributed by atoms with Gasteiger partial charge >= 0.3 is 5.97 Å². The summed E-state index contributed by atoms with van der Waals surface area (Å²) in [5, 5.41) is 9.68. The predicted octanol–water partition coefficient (Wildman–Crippen LogP) is 3.68. The Bertz CT molecular complexity index is 799. The Kier molecular flexibility index (Phi) is 5.62. The summed E-state index contributed by atoms with van der Waals surface area (Å²) in [5.41, 5.74) is 5.98. The van der Waals surface area contributed by atoms with E-state index in [0.29, 0.717) is 23.1 Å². The number of fused-ring (bicyclic) bond motifs is 1. The molecule has 3 N–H and O–H groups in total. The van der Waals surface area contributed by atoms with E-state index >= 15 is 0 Å². The van der Waals surface area contributed by atoms with Crippen LogP contribution >= 0.6 is 0 Å². The van der Waals surface area contributed by atoms with Crippen molar-refractivity contribution >= 4 is 28.3 Å². The fourth-order valence-electron chi connectivity index (χ4n) is 2.54. The van der Waals surface area contributed by atoms with Gasteiger partial charge in [0.15, 0.2) is 0 Å². The van der Waals surface area contributed by atoms with Gasteiger partial charge in [0.1, 0.15) is 23.7 Å². The van der Waals surface area contributed by atoms with Crippen molar-refractivity contribution in [1.82, 2.24) is 4.98 Å². The van der Waals surface area contributed by atoms with Gasteiger partial charge in [-0.05, 0) is 32.4 Å². The Hall–Kier alpha value is -2.63. The third kappa shape index (κ3) is 4.07. The Labute approximate surface area is 147 Å². The second kappa shape index (κ2) is 7.51. The number of aromatic carboxylic acids is 1. The predicted molar refractivity (Wildman–Crippen MR) is 96.9 cm³/mol. The molecule has 0 fully saturated rings. The summed E-state index contributed by atoms with van der Waals surface area (Å²) in [6, 6.07) is 5.21. The number of nitrogen functional groups attached to an aromatic ring is 1. The van der Waals surface area contributed by atoms with Crippen molar-refractivity contribution in [1.29, 1.82) is 0 Å². The molecule has 1 aromatic carbocycles. The number of hydrogen-bond acceptors (Lipinski definition) is 5. The summed E-state index contributed by atoms with van der Waals surface area (Å²) in [5.74, 6) is -0.564. The monoisotopic (exact) mass is 344 g/mol. The number of ketones is 1. The number of hydrogen-bond donors (Lipinski definition) is 2. The van der Waals surface area contributed by atoms with Crippen molar-refractivity contribution in [3.8, 4) is 5.75 Å². The molecule has 1 aromatic heterocycles. The van der Waals surface area contributed by atoms with Gasteiger partial charge < -0.3 is 15.6 Å². The fourth-order valence-corrected chi connectivity index (χ4v) is 2.54. The molecule has 0 aliphatic rings. The first-order chi connectivity index (χ1) is 11.8. The molecule has 2 rings (SSSR count). The number of carboxylic acid groups (broad SMARTS) is 1. The Balaban J connectivity index is 2.31. The summed E-state index contributed by atoms with van der Waals surface area (Å²) in [4.78, 5) is 27.7. The highest BCUT2D eigenvalue weighted by atomic mass is 16.5. The van der Waals surface area contributed by atoms with Crippen LogP contribution in [0.3, 0.4) is 0 Å². The standard InChI is InChI=1S/C19H24N2O4/c1-4-5-9-15(22)19(2,3)11-25-14-8-6-7-13-16(14)17(20)12(10-21-13)18(23)24/h6-8,10H,4-5,9,11H2,1-3H3,(H2,20,21)(H,23,24). The van der Waals surface area contributed by atoms with Crippen molar-refractivity contribution in [3.63, 3.8) is 0 Å². The zero-order chi connectivity index (χ0) is 18.6. The minimum Gasteiger partial charge on any atom is -0.492 e. The van der Waals surface area contributed by atoms with Crippen LogP contribution in [0.15, 0.2) is 24.4 Å². The second-order valence-corrected chi connectivity index (χ2v) is 6.74.